The van der Waals surface area contributed by atoms with Crippen LogP contribution in [0, 0.1) is 13.8 Å². The first kappa shape index (κ1) is 21.2. The predicted molar refractivity (Wildman–Crippen MR) is 122 cm³/mol. The number of aryl methyl sites for hydroxylation is 2. The molecule has 3 aromatic rings. The highest BCUT2D eigenvalue weighted by Crippen LogP contribution is 2.43. The van der Waals surface area contributed by atoms with Crippen molar-refractivity contribution >= 4 is 23.1 Å². The van der Waals surface area contributed by atoms with Crippen LogP contribution in [0.3, 0.4) is 0 Å². The van der Waals surface area contributed by atoms with Gasteiger partial charge in [0.2, 0.25) is 0 Å². The standard InChI is InChI=1S/C26H23NO5/c1-15-7-9-18(10-8-15)27-23(17-5-4-6-19(28)14-17)22(25(30)26(27)31)24(29)21-12-11-20(32-3)13-16(21)2/h4-14,23,28-29H,1-3H3/b24-22-. The number of rotatable bonds is 4. The minimum absolute atomic E-state index is 0.00220. The number of amides is 1. The SMILES string of the molecule is COc1ccc(/C(O)=C2/C(=O)C(=O)N(c3ccc(C)cc3)C2c2cccc(O)c2)c(C)c1. The van der Waals surface area contributed by atoms with Crippen molar-refractivity contribution in [2.45, 2.75) is 19.9 Å². The molecule has 3 aromatic carbocycles. The fourth-order valence-electron chi connectivity index (χ4n) is 3.99. The summed E-state index contributed by atoms with van der Waals surface area (Å²) >= 11 is 0. The van der Waals surface area contributed by atoms with E-state index in [0.29, 0.717) is 28.1 Å². The molecule has 1 fully saturated rings. The topological polar surface area (TPSA) is 87.1 Å². The van der Waals surface area contributed by atoms with Crippen molar-refractivity contribution in [2.75, 3.05) is 12.0 Å². The van der Waals surface area contributed by atoms with Crippen LogP contribution in [0.5, 0.6) is 11.5 Å². The zero-order valence-corrected chi connectivity index (χ0v) is 18.0. The summed E-state index contributed by atoms with van der Waals surface area (Å²) in [6.07, 6.45) is 0. The molecular weight excluding hydrogens is 406 g/mol. The number of phenols is 1. The number of hydrogen-bond acceptors (Lipinski definition) is 5. The Labute approximate surface area is 186 Å². The Hall–Kier alpha value is -4.06. The van der Waals surface area contributed by atoms with E-state index in [1.165, 1.54) is 17.0 Å². The molecule has 1 amide bonds. The van der Waals surface area contributed by atoms with Gasteiger partial charge in [-0.2, -0.15) is 0 Å². The van der Waals surface area contributed by atoms with Crippen LogP contribution in [0.1, 0.15) is 28.3 Å². The second-order valence-electron chi connectivity index (χ2n) is 7.78. The molecule has 0 radical (unpaired) electrons. The number of carbonyl (C=O) groups excluding carboxylic acids is 2. The molecule has 1 heterocycles. The second kappa shape index (κ2) is 8.23. The summed E-state index contributed by atoms with van der Waals surface area (Å²) in [4.78, 5) is 27.7. The lowest BCUT2D eigenvalue weighted by molar-refractivity contribution is -0.132. The van der Waals surface area contributed by atoms with Crippen molar-refractivity contribution in [1.82, 2.24) is 0 Å². The van der Waals surface area contributed by atoms with Gasteiger partial charge in [0.05, 0.1) is 18.7 Å². The minimum atomic E-state index is -0.897. The molecule has 1 unspecified atom stereocenters. The van der Waals surface area contributed by atoms with Crippen LogP contribution in [0.2, 0.25) is 0 Å². The summed E-state index contributed by atoms with van der Waals surface area (Å²) in [5, 5.41) is 21.3. The Balaban J connectivity index is 1.95. The average molecular weight is 429 g/mol. The Bertz CT molecular complexity index is 1240. The molecule has 32 heavy (non-hydrogen) atoms. The number of ketones is 1. The quantitative estimate of drug-likeness (QED) is 0.358. The van der Waals surface area contributed by atoms with Crippen LogP contribution in [0.4, 0.5) is 5.69 Å². The average Bonchev–Trinajstić information content (AvgIpc) is 3.04. The first-order chi connectivity index (χ1) is 15.3. The van der Waals surface area contributed by atoms with Gasteiger partial charge < -0.3 is 14.9 Å². The van der Waals surface area contributed by atoms with E-state index in [1.807, 2.05) is 19.1 Å². The molecule has 0 spiro atoms. The van der Waals surface area contributed by atoms with Gasteiger partial charge in [-0.1, -0.05) is 29.8 Å². The van der Waals surface area contributed by atoms with Gasteiger partial charge in [0.15, 0.2) is 0 Å². The largest absolute Gasteiger partial charge is 0.508 e. The molecule has 162 valence electrons. The van der Waals surface area contributed by atoms with Crippen LogP contribution >= 0.6 is 0 Å². The maximum atomic E-state index is 13.2. The molecule has 1 atom stereocenters. The number of nitrogens with zero attached hydrogens (tertiary/aromatic N) is 1. The van der Waals surface area contributed by atoms with E-state index in [0.717, 1.165) is 5.56 Å². The number of Topliss-reactive ketones (excluding diaryl/α,β-unsaturated/α-hetero) is 1. The molecule has 1 aliphatic rings. The molecule has 2 N–H and O–H groups in total. The van der Waals surface area contributed by atoms with E-state index in [4.69, 9.17) is 4.74 Å². The minimum Gasteiger partial charge on any atom is -0.508 e. The first-order valence-corrected chi connectivity index (χ1v) is 10.1. The van der Waals surface area contributed by atoms with Crippen molar-refractivity contribution in [3.05, 3.63) is 94.6 Å². The molecule has 4 rings (SSSR count). The molecular formula is C26H23NO5. The fourth-order valence-corrected chi connectivity index (χ4v) is 3.99. The number of aliphatic hydroxyl groups is 1. The molecule has 0 bridgehead atoms. The summed E-state index contributed by atoms with van der Waals surface area (Å²) in [6, 6.07) is 17.8. The third-order valence-electron chi connectivity index (χ3n) is 5.63. The lowest BCUT2D eigenvalue weighted by Gasteiger charge is -2.25. The number of phenolic OH excluding ortho intramolecular Hbond substituents is 1. The van der Waals surface area contributed by atoms with E-state index < -0.39 is 17.7 Å². The molecule has 0 aliphatic carbocycles. The summed E-state index contributed by atoms with van der Waals surface area (Å²) in [6.45, 7) is 3.72. The highest BCUT2D eigenvalue weighted by Gasteiger charge is 2.47. The van der Waals surface area contributed by atoms with Crippen LogP contribution in [-0.2, 0) is 9.59 Å². The van der Waals surface area contributed by atoms with Crippen molar-refractivity contribution < 1.29 is 24.5 Å². The van der Waals surface area contributed by atoms with Gasteiger partial charge in [0.25, 0.3) is 11.7 Å². The number of benzene rings is 3. The summed E-state index contributed by atoms with van der Waals surface area (Å²) in [5.41, 5.74) is 3.13. The Kier molecular flexibility index (Phi) is 5.45. The third-order valence-corrected chi connectivity index (χ3v) is 5.63. The monoisotopic (exact) mass is 429 g/mol. The van der Waals surface area contributed by atoms with E-state index in [1.54, 1.807) is 56.5 Å². The number of methoxy groups -OCH3 is 1. The highest BCUT2D eigenvalue weighted by atomic mass is 16.5. The van der Waals surface area contributed by atoms with Gasteiger partial charge in [-0.3, -0.25) is 14.5 Å². The lowest BCUT2D eigenvalue weighted by atomic mass is 9.93. The normalized spacial score (nSPS) is 17.6. The Morgan fingerprint density at radius 2 is 1.69 bits per heavy atom. The number of hydrogen-bond donors (Lipinski definition) is 2. The number of carbonyl (C=O) groups is 2. The summed E-state index contributed by atoms with van der Waals surface area (Å²) in [7, 11) is 1.54. The van der Waals surface area contributed by atoms with Crippen molar-refractivity contribution in [3.8, 4) is 11.5 Å². The third kappa shape index (κ3) is 3.60. The van der Waals surface area contributed by atoms with E-state index >= 15 is 0 Å². The van der Waals surface area contributed by atoms with Crippen LogP contribution in [0.15, 0.2) is 72.3 Å². The maximum absolute atomic E-state index is 13.2. The second-order valence-corrected chi connectivity index (χ2v) is 7.78. The molecule has 6 nitrogen and oxygen atoms in total. The summed E-state index contributed by atoms with van der Waals surface area (Å²) < 4.78 is 5.23. The number of anilines is 1. The number of aliphatic hydroxyl groups excluding tert-OH is 1. The first-order valence-electron chi connectivity index (χ1n) is 10.1. The van der Waals surface area contributed by atoms with E-state index in [9.17, 15) is 19.8 Å². The number of ether oxygens (including phenoxy) is 1. The molecule has 1 saturated heterocycles. The van der Waals surface area contributed by atoms with Crippen LogP contribution in [-0.4, -0.2) is 29.0 Å². The van der Waals surface area contributed by atoms with Gasteiger partial charge >= 0.3 is 0 Å². The van der Waals surface area contributed by atoms with Crippen molar-refractivity contribution in [1.29, 1.82) is 0 Å². The van der Waals surface area contributed by atoms with Crippen molar-refractivity contribution in [2.24, 2.45) is 0 Å². The van der Waals surface area contributed by atoms with Gasteiger partial charge in [0, 0.05) is 11.3 Å². The molecule has 6 heteroatoms. The number of aromatic hydroxyl groups is 1. The Morgan fingerprint density at radius 1 is 0.969 bits per heavy atom. The predicted octanol–water partition coefficient (Wildman–Crippen LogP) is 4.64. The fraction of sp³-hybridized carbons (Fsp3) is 0.154. The smallest absolute Gasteiger partial charge is 0.300 e. The lowest BCUT2D eigenvalue weighted by Crippen LogP contribution is -2.29. The van der Waals surface area contributed by atoms with Crippen LogP contribution < -0.4 is 9.64 Å². The maximum Gasteiger partial charge on any atom is 0.300 e. The van der Waals surface area contributed by atoms with Gasteiger partial charge in [-0.25, -0.2) is 0 Å². The van der Waals surface area contributed by atoms with E-state index in [-0.39, 0.29) is 17.1 Å². The van der Waals surface area contributed by atoms with E-state index in [2.05, 4.69) is 0 Å². The van der Waals surface area contributed by atoms with Crippen LogP contribution in [0.25, 0.3) is 5.76 Å². The highest BCUT2D eigenvalue weighted by molar-refractivity contribution is 6.51. The molecule has 0 aromatic heterocycles. The molecule has 0 saturated carbocycles. The van der Waals surface area contributed by atoms with Crippen molar-refractivity contribution in [3.63, 3.8) is 0 Å². The molecule has 1 aliphatic heterocycles. The van der Waals surface area contributed by atoms with Gasteiger partial charge in [-0.15, -0.1) is 0 Å². The van der Waals surface area contributed by atoms with Gasteiger partial charge in [-0.05, 0) is 67.4 Å². The van der Waals surface area contributed by atoms with Gasteiger partial charge in [0.1, 0.15) is 17.3 Å². The zero-order chi connectivity index (χ0) is 23.0. The Morgan fingerprint density at radius 3 is 2.31 bits per heavy atom. The zero-order valence-electron chi connectivity index (χ0n) is 18.0. The summed E-state index contributed by atoms with van der Waals surface area (Å²) in [5.74, 6) is -1.19.